The van der Waals surface area contributed by atoms with Gasteiger partial charge < -0.3 is 4.90 Å². The summed E-state index contributed by atoms with van der Waals surface area (Å²) in [7, 11) is -0.508. The smallest absolute Gasteiger partial charge is 0.269 e. The molecule has 0 saturated carbocycles. The molecule has 11 heteroatoms. The summed E-state index contributed by atoms with van der Waals surface area (Å²) in [5.74, 6) is -0.387. The molecule has 1 saturated heterocycles. The number of non-ortho nitro benzene ring substituents is 1. The number of sulfonamides is 1. The highest BCUT2D eigenvalue weighted by Gasteiger charge is 2.33. The fourth-order valence-corrected chi connectivity index (χ4v) is 4.83. The van der Waals surface area contributed by atoms with E-state index in [0.717, 1.165) is 6.42 Å². The summed E-state index contributed by atoms with van der Waals surface area (Å²) in [5, 5.41) is 17.6. The number of nitro groups is 1. The summed E-state index contributed by atoms with van der Waals surface area (Å²) in [4.78, 5) is 24.0. The zero-order valence-electron chi connectivity index (χ0n) is 15.5. The Balaban J connectivity index is 1.84. The van der Waals surface area contributed by atoms with Crippen LogP contribution in [0.3, 0.4) is 0 Å². The van der Waals surface area contributed by atoms with Gasteiger partial charge in [-0.2, -0.15) is 9.40 Å². The number of hydrogen-bond acceptors (Lipinski definition) is 6. The van der Waals surface area contributed by atoms with E-state index in [1.165, 1.54) is 39.7 Å². The van der Waals surface area contributed by atoms with Gasteiger partial charge in [-0.3, -0.25) is 20.0 Å². The fourth-order valence-electron chi connectivity index (χ4n) is 3.30. The molecule has 1 aliphatic rings. The van der Waals surface area contributed by atoms with Gasteiger partial charge >= 0.3 is 0 Å². The van der Waals surface area contributed by atoms with Crippen molar-refractivity contribution in [3.05, 3.63) is 51.8 Å². The van der Waals surface area contributed by atoms with Crippen molar-refractivity contribution in [1.82, 2.24) is 19.4 Å². The van der Waals surface area contributed by atoms with E-state index in [0.29, 0.717) is 24.2 Å². The normalized spacial score (nSPS) is 18.0. The molecule has 0 radical (unpaired) electrons. The third kappa shape index (κ3) is 3.76. The molecule has 150 valence electrons. The van der Waals surface area contributed by atoms with Crippen molar-refractivity contribution in [3.8, 4) is 0 Å². The number of piperidine rings is 1. The Hall–Kier alpha value is -2.79. The predicted octanol–water partition coefficient (Wildman–Crippen LogP) is 1.59. The van der Waals surface area contributed by atoms with Crippen molar-refractivity contribution in [3.63, 3.8) is 0 Å². The Morgan fingerprint density at radius 2 is 2.00 bits per heavy atom. The third-order valence-electron chi connectivity index (χ3n) is 4.78. The van der Waals surface area contributed by atoms with Crippen LogP contribution in [0.15, 0.2) is 35.4 Å². The molecule has 1 atom stereocenters. The van der Waals surface area contributed by atoms with Crippen LogP contribution < -0.4 is 0 Å². The largest absolute Gasteiger partial charge is 0.345 e. The molecule has 28 heavy (non-hydrogen) atoms. The SMILES string of the molecule is CN(C)C(=O)c1cn[nH]c1[C@H]1CCCN(S(=O)(=O)c2ccc([N+](=O)[O-])cc2)C1. The van der Waals surface area contributed by atoms with Gasteiger partial charge in [0, 0.05) is 45.2 Å². The first-order chi connectivity index (χ1) is 13.2. The van der Waals surface area contributed by atoms with Gasteiger partial charge in [-0.05, 0) is 25.0 Å². The van der Waals surface area contributed by atoms with Crippen LogP contribution in [0.5, 0.6) is 0 Å². The molecule has 2 heterocycles. The number of hydrogen-bond donors (Lipinski definition) is 1. The Kier molecular flexibility index (Phi) is 5.47. The van der Waals surface area contributed by atoms with E-state index in [-0.39, 0.29) is 29.0 Å². The van der Waals surface area contributed by atoms with Crippen molar-refractivity contribution in [2.45, 2.75) is 23.7 Å². The Morgan fingerprint density at radius 3 is 2.61 bits per heavy atom. The lowest BCUT2D eigenvalue weighted by atomic mass is 9.93. The molecule has 2 aromatic rings. The summed E-state index contributed by atoms with van der Waals surface area (Å²) in [6.45, 7) is 0.552. The van der Waals surface area contributed by atoms with E-state index in [1.807, 2.05) is 0 Å². The number of benzene rings is 1. The van der Waals surface area contributed by atoms with E-state index in [2.05, 4.69) is 10.2 Å². The van der Waals surface area contributed by atoms with E-state index >= 15 is 0 Å². The first-order valence-corrected chi connectivity index (χ1v) is 10.2. The number of nitrogens with one attached hydrogen (secondary N) is 1. The lowest BCUT2D eigenvalue weighted by Gasteiger charge is -2.31. The second-order valence-electron chi connectivity index (χ2n) is 6.85. The zero-order chi connectivity index (χ0) is 20.5. The Bertz CT molecular complexity index is 984. The topological polar surface area (TPSA) is 130 Å². The summed E-state index contributed by atoms with van der Waals surface area (Å²) in [6.07, 6.45) is 2.81. The summed E-state index contributed by atoms with van der Waals surface area (Å²) < 4.78 is 27.3. The van der Waals surface area contributed by atoms with E-state index in [1.54, 1.807) is 14.1 Å². The van der Waals surface area contributed by atoms with Gasteiger partial charge in [-0.25, -0.2) is 8.42 Å². The minimum absolute atomic E-state index is 0.00736. The highest BCUT2D eigenvalue weighted by molar-refractivity contribution is 7.89. The third-order valence-corrected chi connectivity index (χ3v) is 6.66. The Morgan fingerprint density at radius 1 is 1.32 bits per heavy atom. The van der Waals surface area contributed by atoms with Crippen LogP contribution in [-0.4, -0.2) is 65.8 Å². The van der Waals surface area contributed by atoms with Crippen molar-refractivity contribution < 1.29 is 18.1 Å². The van der Waals surface area contributed by atoms with E-state index in [4.69, 9.17) is 0 Å². The highest BCUT2D eigenvalue weighted by atomic mass is 32.2. The number of nitro benzene ring substituents is 1. The monoisotopic (exact) mass is 407 g/mol. The molecule has 1 fully saturated rings. The lowest BCUT2D eigenvalue weighted by molar-refractivity contribution is -0.384. The molecule has 0 aliphatic carbocycles. The van der Waals surface area contributed by atoms with Crippen LogP contribution in [0.4, 0.5) is 5.69 Å². The van der Waals surface area contributed by atoms with Gasteiger partial charge in [0.1, 0.15) is 0 Å². The van der Waals surface area contributed by atoms with Crippen molar-refractivity contribution in [2.75, 3.05) is 27.2 Å². The average molecular weight is 407 g/mol. The van der Waals surface area contributed by atoms with Crippen LogP contribution in [-0.2, 0) is 10.0 Å². The lowest BCUT2D eigenvalue weighted by Crippen LogP contribution is -2.39. The first-order valence-electron chi connectivity index (χ1n) is 8.71. The quantitative estimate of drug-likeness (QED) is 0.592. The second-order valence-corrected chi connectivity index (χ2v) is 8.79. The standard InChI is InChI=1S/C17H21N5O5S/c1-20(2)17(23)15-10-18-19-16(15)12-4-3-9-21(11-12)28(26,27)14-7-5-13(6-8-14)22(24)25/h5-8,10,12H,3-4,9,11H2,1-2H3,(H,18,19)/t12-/m0/s1. The highest BCUT2D eigenvalue weighted by Crippen LogP contribution is 2.31. The molecule has 3 rings (SSSR count). The number of aromatic amines is 1. The van der Waals surface area contributed by atoms with Gasteiger partial charge in [-0.1, -0.05) is 0 Å². The number of nitrogens with zero attached hydrogens (tertiary/aromatic N) is 4. The summed E-state index contributed by atoms with van der Waals surface area (Å²) >= 11 is 0. The van der Waals surface area contributed by atoms with Gasteiger partial charge in [0.2, 0.25) is 10.0 Å². The molecule has 0 bridgehead atoms. The fraction of sp³-hybridized carbons (Fsp3) is 0.412. The summed E-state index contributed by atoms with van der Waals surface area (Å²) in [6, 6.07) is 4.84. The molecule has 1 aromatic heterocycles. The second kappa shape index (κ2) is 7.68. The molecule has 0 unspecified atom stereocenters. The maximum Gasteiger partial charge on any atom is 0.269 e. The molecule has 1 amide bonds. The average Bonchev–Trinajstić information content (AvgIpc) is 3.17. The number of rotatable bonds is 5. The molecular weight excluding hydrogens is 386 g/mol. The van der Waals surface area contributed by atoms with E-state index in [9.17, 15) is 23.3 Å². The van der Waals surface area contributed by atoms with E-state index < -0.39 is 14.9 Å². The molecule has 1 aromatic carbocycles. The maximum absolute atomic E-state index is 13.0. The molecular formula is C17H21N5O5S. The summed E-state index contributed by atoms with van der Waals surface area (Å²) in [5.41, 5.74) is 0.895. The number of aromatic nitrogens is 2. The van der Waals surface area contributed by atoms with Crippen LogP contribution >= 0.6 is 0 Å². The Labute approximate surface area is 162 Å². The minimum Gasteiger partial charge on any atom is -0.345 e. The van der Waals surface area contributed by atoms with Crippen LogP contribution in [0.2, 0.25) is 0 Å². The maximum atomic E-state index is 13.0. The first kappa shape index (κ1) is 20.0. The molecule has 10 nitrogen and oxygen atoms in total. The molecule has 1 N–H and O–H groups in total. The molecule has 1 aliphatic heterocycles. The van der Waals surface area contributed by atoms with Crippen molar-refractivity contribution in [1.29, 1.82) is 0 Å². The minimum atomic E-state index is -3.80. The van der Waals surface area contributed by atoms with Crippen molar-refractivity contribution >= 4 is 21.6 Å². The number of H-pyrrole nitrogens is 1. The number of carbonyl (C=O) groups is 1. The molecule has 0 spiro atoms. The van der Waals surface area contributed by atoms with Gasteiger partial charge in [0.15, 0.2) is 0 Å². The van der Waals surface area contributed by atoms with Crippen LogP contribution in [0, 0.1) is 10.1 Å². The zero-order valence-corrected chi connectivity index (χ0v) is 16.3. The number of amides is 1. The predicted molar refractivity (Wildman–Crippen MR) is 100 cm³/mol. The van der Waals surface area contributed by atoms with Gasteiger partial charge in [-0.15, -0.1) is 0 Å². The van der Waals surface area contributed by atoms with Crippen LogP contribution in [0.1, 0.15) is 34.8 Å². The van der Waals surface area contributed by atoms with Gasteiger partial charge in [0.05, 0.1) is 27.3 Å². The van der Waals surface area contributed by atoms with Crippen molar-refractivity contribution in [2.24, 2.45) is 0 Å². The van der Waals surface area contributed by atoms with Gasteiger partial charge in [0.25, 0.3) is 11.6 Å². The number of carbonyl (C=O) groups excluding carboxylic acids is 1. The van der Waals surface area contributed by atoms with Crippen LogP contribution in [0.25, 0.3) is 0 Å².